The van der Waals surface area contributed by atoms with Gasteiger partial charge in [-0.2, -0.15) is 0 Å². The number of hydrogen-bond acceptors (Lipinski definition) is 6. The van der Waals surface area contributed by atoms with Crippen molar-refractivity contribution in [1.82, 2.24) is 0 Å². The average molecular weight is 457 g/mol. The van der Waals surface area contributed by atoms with Gasteiger partial charge in [-0.3, -0.25) is 14.9 Å². The van der Waals surface area contributed by atoms with E-state index in [9.17, 15) is 29.6 Å². The molecule has 0 spiro atoms. The van der Waals surface area contributed by atoms with Gasteiger partial charge in [-0.05, 0) is 42.5 Å². The summed E-state index contributed by atoms with van der Waals surface area (Å²) < 4.78 is 5.65. The highest BCUT2D eigenvalue weighted by Gasteiger charge is 2.19. The van der Waals surface area contributed by atoms with Crippen LogP contribution in [-0.2, 0) is 0 Å². The molecule has 1 amide bonds. The Hall–Kier alpha value is -4.44. The van der Waals surface area contributed by atoms with Crippen LogP contribution in [0.4, 0.5) is 11.4 Å². The predicted molar refractivity (Wildman–Crippen MR) is 113 cm³/mol. The molecule has 0 saturated carbocycles. The van der Waals surface area contributed by atoms with Crippen LogP contribution in [0.2, 0.25) is 5.02 Å². The quantitative estimate of drug-likeness (QED) is 0.341. The topological polar surface area (TPSA) is 156 Å². The zero-order valence-corrected chi connectivity index (χ0v) is 16.7. The van der Waals surface area contributed by atoms with Crippen LogP contribution in [0.3, 0.4) is 0 Å². The van der Waals surface area contributed by atoms with Gasteiger partial charge in [-0.25, -0.2) is 9.59 Å². The number of carbonyl (C=O) groups excluding carboxylic acids is 1. The van der Waals surface area contributed by atoms with Gasteiger partial charge in [0, 0.05) is 11.6 Å². The van der Waals surface area contributed by atoms with Gasteiger partial charge in [0.2, 0.25) is 0 Å². The van der Waals surface area contributed by atoms with Crippen LogP contribution < -0.4 is 10.1 Å². The van der Waals surface area contributed by atoms with Crippen LogP contribution in [0.25, 0.3) is 0 Å². The maximum absolute atomic E-state index is 12.6. The van der Waals surface area contributed by atoms with E-state index in [-0.39, 0.29) is 27.8 Å². The molecule has 162 valence electrons. The number of halogens is 1. The summed E-state index contributed by atoms with van der Waals surface area (Å²) >= 11 is 5.77. The number of para-hydroxylation sites is 2. The minimum Gasteiger partial charge on any atom is -0.478 e. The highest BCUT2D eigenvalue weighted by molar-refractivity contribution is 6.32. The molecule has 3 N–H and O–H groups in total. The first-order valence-corrected chi connectivity index (χ1v) is 9.18. The molecule has 0 aliphatic carbocycles. The first-order chi connectivity index (χ1) is 15.2. The third-order valence-electron chi connectivity index (χ3n) is 4.22. The van der Waals surface area contributed by atoms with E-state index in [0.29, 0.717) is 0 Å². The van der Waals surface area contributed by atoms with Crippen LogP contribution in [0.15, 0.2) is 60.7 Å². The number of rotatable bonds is 7. The zero-order valence-electron chi connectivity index (χ0n) is 15.9. The lowest BCUT2D eigenvalue weighted by Crippen LogP contribution is -2.13. The Morgan fingerprint density at radius 1 is 0.938 bits per heavy atom. The number of nitrogens with zero attached hydrogens (tertiary/aromatic N) is 1. The van der Waals surface area contributed by atoms with Gasteiger partial charge in [0.1, 0.15) is 10.8 Å². The number of ether oxygens (including phenoxy) is 1. The largest absolute Gasteiger partial charge is 0.478 e. The van der Waals surface area contributed by atoms with Gasteiger partial charge < -0.3 is 20.3 Å². The SMILES string of the molecule is O=C(Nc1ccccc1Oc1ccc(C(=O)O)c(C(=O)O)c1)c1ccc(Cl)c([N+](=O)[O-])c1. The molecular formula is C21H13ClN2O8. The number of nitro groups is 1. The molecule has 11 heteroatoms. The lowest BCUT2D eigenvalue weighted by Gasteiger charge is -2.13. The Kier molecular flexibility index (Phi) is 6.36. The lowest BCUT2D eigenvalue weighted by molar-refractivity contribution is -0.384. The van der Waals surface area contributed by atoms with E-state index in [1.54, 1.807) is 12.1 Å². The summed E-state index contributed by atoms with van der Waals surface area (Å²) in [7, 11) is 0. The number of carboxylic acid groups (broad SMARTS) is 2. The first-order valence-electron chi connectivity index (χ1n) is 8.80. The fourth-order valence-electron chi connectivity index (χ4n) is 2.72. The van der Waals surface area contributed by atoms with Crippen molar-refractivity contribution in [3.8, 4) is 11.5 Å². The molecule has 0 fully saturated rings. The summed E-state index contributed by atoms with van der Waals surface area (Å²) in [5, 5.41) is 31.9. The van der Waals surface area contributed by atoms with E-state index in [4.69, 9.17) is 21.4 Å². The lowest BCUT2D eigenvalue weighted by atomic mass is 10.1. The van der Waals surface area contributed by atoms with E-state index in [2.05, 4.69) is 5.32 Å². The first kappa shape index (κ1) is 22.2. The molecule has 3 rings (SSSR count). The number of nitrogens with one attached hydrogen (secondary N) is 1. The molecule has 32 heavy (non-hydrogen) atoms. The summed E-state index contributed by atoms with van der Waals surface area (Å²) in [5.74, 6) is -3.37. The fourth-order valence-corrected chi connectivity index (χ4v) is 2.91. The Bertz CT molecular complexity index is 1260. The highest BCUT2D eigenvalue weighted by Crippen LogP contribution is 2.31. The van der Waals surface area contributed by atoms with E-state index >= 15 is 0 Å². The Labute approximate surface area is 184 Å². The van der Waals surface area contributed by atoms with Crippen molar-refractivity contribution in [1.29, 1.82) is 0 Å². The minimum absolute atomic E-state index is 0.0186. The van der Waals surface area contributed by atoms with Crippen molar-refractivity contribution < 1.29 is 34.3 Å². The Balaban J connectivity index is 1.89. The van der Waals surface area contributed by atoms with Crippen LogP contribution in [0.5, 0.6) is 11.5 Å². The minimum atomic E-state index is -1.45. The van der Waals surface area contributed by atoms with Crippen LogP contribution in [0, 0.1) is 10.1 Å². The average Bonchev–Trinajstić information content (AvgIpc) is 2.74. The molecule has 0 radical (unpaired) electrons. The van der Waals surface area contributed by atoms with Crippen molar-refractivity contribution in [2.45, 2.75) is 0 Å². The second kappa shape index (κ2) is 9.14. The molecule has 0 aromatic heterocycles. The number of carbonyl (C=O) groups is 3. The van der Waals surface area contributed by atoms with Crippen molar-refractivity contribution in [3.63, 3.8) is 0 Å². The monoisotopic (exact) mass is 456 g/mol. The summed E-state index contributed by atoms with van der Waals surface area (Å²) in [4.78, 5) is 45.5. The molecule has 0 aliphatic rings. The van der Waals surface area contributed by atoms with Gasteiger partial charge in [0.15, 0.2) is 5.75 Å². The number of anilines is 1. The second-order valence-electron chi connectivity index (χ2n) is 6.29. The highest BCUT2D eigenvalue weighted by atomic mass is 35.5. The van der Waals surface area contributed by atoms with Gasteiger partial charge in [-0.15, -0.1) is 0 Å². The summed E-state index contributed by atoms with van der Waals surface area (Å²) in [5.41, 5.74) is -1.13. The summed E-state index contributed by atoms with van der Waals surface area (Å²) in [6.07, 6.45) is 0. The Morgan fingerprint density at radius 3 is 2.28 bits per heavy atom. The molecule has 0 unspecified atom stereocenters. The van der Waals surface area contributed by atoms with E-state index in [0.717, 1.165) is 18.2 Å². The number of carboxylic acids is 2. The molecule has 0 heterocycles. The van der Waals surface area contributed by atoms with Gasteiger partial charge >= 0.3 is 11.9 Å². The third kappa shape index (κ3) is 4.82. The number of hydrogen-bond donors (Lipinski definition) is 3. The van der Waals surface area contributed by atoms with Crippen LogP contribution >= 0.6 is 11.6 Å². The summed E-state index contributed by atoms with van der Waals surface area (Å²) in [6, 6.07) is 13.2. The third-order valence-corrected chi connectivity index (χ3v) is 4.54. The van der Waals surface area contributed by atoms with Gasteiger partial charge in [0.05, 0.1) is 21.7 Å². The molecular weight excluding hydrogens is 444 g/mol. The molecule has 0 saturated heterocycles. The molecule has 0 atom stereocenters. The smallest absolute Gasteiger partial charge is 0.336 e. The number of aromatic carboxylic acids is 2. The molecule has 0 bridgehead atoms. The van der Waals surface area contributed by atoms with Crippen LogP contribution in [-0.4, -0.2) is 33.0 Å². The van der Waals surface area contributed by atoms with E-state index in [1.807, 2.05) is 0 Å². The van der Waals surface area contributed by atoms with Crippen molar-refractivity contribution in [2.75, 3.05) is 5.32 Å². The molecule has 3 aromatic rings. The molecule has 3 aromatic carbocycles. The van der Waals surface area contributed by atoms with Crippen molar-refractivity contribution in [3.05, 3.63) is 92.5 Å². The maximum Gasteiger partial charge on any atom is 0.336 e. The maximum atomic E-state index is 12.6. The normalized spacial score (nSPS) is 10.3. The zero-order chi connectivity index (χ0) is 23.4. The number of nitro benzene ring substituents is 1. The molecule has 0 aliphatic heterocycles. The predicted octanol–water partition coefficient (Wildman–Crippen LogP) is 4.69. The summed E-state index contributed by atoms with van der Waals surface area (Å²) in [6.45, 7) is 0. The van der Waals surface area contributed by atoms with Gasteiger partial charge in [0.25, 0.3) is 11.6 Å². The molecule has 10 nitrogen and oxygen atoms in total. The van der Waals surface area contributed by atoms with Crippen LogP contribution in [0.1, 0.15) is 31.1 Å². The number of benzene rings is 3. The van der Waals surface area contributed by atoms with Crippen molar-refractivity contribution in [2.24, 2.45) is 0 Å². The van der Waals surface area contributed by atoms with E-state index in [1.165, 1.54) is 30.3 Å². The van der Waals surface area contributed by atoms with Crippen molar-refractivity contribution >= 4 is 40.8 Å². The number of amides is 1. The second-order valence-corrected chi connectivity index (χ2v) is 6.70. The van der Waals surface area contributed by atoms with E-state index < -0.39 is 39.6 Å². The standard InChI is InChI=1S/C21H13ClN2O8/c22-15-8-5-11(9-17(15)24(30)31)19(25)23-16-3-1-2-4-18(16)32-12-6-7-13(20(26)27)14(10-12)21(28)29/h1-10H,(H,23,25)(H,26,27)(H,28,29). The Morgan fingerprint density at radius 2 is 1.62 bits per heavy atom. The fraction of sp³-hybridized carbons (Fsp3) is 0. The van der Waals surface area contributed by atoms with Gasteiger partial charge in [-0.1, -0.05) is 23.7 Å².